The molecule has 0 unspecified atom stereocenters. The van der Waals surface area contributed by atoms with Crippen molar-refractivity contribution in [1.29, 1.82) is 0 Å². The van der Waals surface area contributed by atoms with Crippen molar-refractivity contribution in [3.05, 3.63) is 41.3 Å². The standard InChI is InChI=1S/C17H19NO3S2/c1-4-8-18-16(19)15(23-17(18)22)11-12-6-7-13(21-9-5-2)14(10-12)20-3/h4,6-7,10-11H,1,5,8-9H2,2-3H3/b15-11+. The third-order valence-corrected chi connectivity index (χ3v) is 4.51. The Morgan fingerprint density at radius 3 is 2.83 bits per heavy atom. The van der Waals surface area contributed by atoms with Crippen molar-refractivity contribution in [2.45, 2.75) is 13.3 Å². The zero-order valence-electron chi connectivity index (χ0n) is 13.2. The maximum absolute atomic E-state index is 12.3. The van der Waals surface area contributed by atoms with E-state index in [2.05, 4.69) is 6.58 Å². The van der Waals surface area contributed by atoms with Gasteiger partial charge in [-0.25, -0.2) is 0 Å². The number of carbonyl (C=O) groups excluding carboxylic acids is 1. The summed E-state index contributed by atoms with van der Waals surface area (Å²) in [6, 6.07) is 5.60. The van der Waals surface area contributed by atoms with Gasteiger partial charge in [0, 0.05) is 6.54 Å². The van der Waals surface area contributed by atoms with Crippen LogP contribution in [-0.2, 0) is 4.79 Å². The van der Waals surface area contributed by atoms with Crippen LogP contribution < -0.4 is 9.47 Å². The minimum Gasteiger partial charge on any atom is -0.493 e. The highest BCUT2D eigenvalue weighted by Gasteiger charge is 2.30. The second-order valence-corrected chi connectivity index (χ2v) is 6.52. The van der Waals surface area contributed by atoms with Crippen molar-refractivity contribution < 1.29 is 14.3 Å². The number of hydrogen-bond donors (Lipinski definition) is 0. The molecule has 1 amide bonds. The van der Waals surface area contributed by atoms with Crippen LogP contribution in [0.1, 0.15) is 18.9 Å². The van der Waals surface area contributed by atoms with Gasteiger partial charge in [-0.2, -0.15) is 0 Å². The Morgan fingerprint density at radius 2 is 2.17 bits per heavy atom. The molecule has 0 spiro atoms. The van der Waals surface area contributed by atoms with Crippen molar-refractivity contribution in [2.24, 2.45) is 0 Å². The lowest BCUT2D eigenvalue weighted by Crippen LogP contribution is -2.27. The number of hydrogen-bond acceptors (Lipinski definition) is 5. The lowest BCUT2D eigenvalue weighted by molar-refractivity contribution is -0.121. The first-order valence-corrected chi connectivity index (χ1v) is 8.50. The van der Waals surface area contributed by atoms with Crippen LogP contribution in [0.15, 0.2) is 35.8 Å². The number of thioether (sulfide) groups is 1. The number of amides is 1. The van der Waals surface area contributed by atoms with Crippen LogP contribution in [0.25, 0.3) is 6.08 Å². The Kier molecular flexibility index (Phi) is 6.24. The molecule has 6 heteroatoms. The average Bonchev–Trinajstić information content (AvgIpc) is 2.81. The van der Waals surface area contributed by atoms with Crippen LogP contribution in [0.5, 0.6) is 11.5 Å². The summed E-state index contributed by atoms with van der Waals surface area (Å²) in [4.78, 5) is 14.5. The highest BCUT2D eigenvalue weighted by Crippen LogP contribution is 2.34. The number of rotatable bonds is 7. The summed E-state index contributed by atoms with van der Waals surface area (Å²) in [5.74, 6) is 1.25. The normalized spacial score (nSPS) is 16.1. The molecule has 0 atom stereocenters. The zero-order chi connectivity index (χ0) is 16.8. The van der Waals surface area contributed by atoms with Gasteiger partial charge in [-0.1, -0.05) is 43.0 Å². The van der Waals surface area contributed by atoms with Gasteiger partial charge in [0.1, 0.15) is 4.32 Å². The van der Waals surface area contributed by atoms with Crippen LogP contribution in [-0.4, -0.2) is 35.4 Å². The Labute approximate surface area is 146 Å². The molecule has 1 heterocycles. The Morgan fingerprint density at radius 1 is 1.39 bits per heavy atom. The van der Waals surface area contributed by atoms with E-state index in [-0.39, 0.29) is 5.91 Å². The fraction of sp³-hybridized carbons (Fsp3) is 0.294. The molecule has 122 valence electrons. The molecule has 0 saturated carbocycles. The predicted molar refractivity (Wildman–Crippen MR) is 98.9 cm³/mol. The fourth-order valence-electron chi connectivity index (χ4n) is 2.04. The van der Waals surface area contributed by atoms with Gasteiger partial charge in [-0.05, 0) is 30.2 Å². The number of nitrogens with zero attached hydrogens (tertiary/aromatic N) is 1. The van der Waals surface area contributed by atoms with E-state index in [1.807, 2.05) is 31.2 Å². The summed E-state index contributed by atoms with van der Waals surface area (Å²) in [5, 5.41) is 0. The predicted octanol–water partition coefficient (Wildman–Crippen LogP) is 3.87. The van der Waals surface area contributed by atoms with E-state index in [0.717, 1.165) is 12.0 Å². The quantitative estimate of drug-likeness (QED) is 0.424. The SMILES string of the molecule is C=CCN1C(=O)/C(=C\c2ccc(OCCC)c(OC)c2)SC1=S. The molecule has 0 bridgehead atoms. The molecule has 1 aromatic carbocycles. The number of benzene rings is 1. The van der Waals surface area contributed by atoms with E-state index in [0.29, 0.717) is 33.9 Å². The van der Waals surface area contributed by atoms with Crippen molar-refractivity contribution in [3.8, 4) is 11.5 Å². The smallest absolute Gasteiger partial charge is 0.266 e. The molecular formula is C17H19NO3S2. The lowest BCUT2D eigenvalue weighted by Gasteiger charge is -2.11. The molecule has 4 nitrogen and oxygen atoms in total. The molecule has 1 fully saturated rings. The highest BCUT2D eigenvalue weighted by molar-refractivity contribution is 8.26. The van der Waals surface area contributed by atoms with E-state index in [9.17, 15) is 4.79 Å². The van der Waals surface area contributed by atoms with Crippen molar-refractivity contribution in [2.75, 3.05) is 20.3 Å². The average molecular weight is 349 g/mol. The van der Waals surface area contributed by atoms with Crippen LogP contribution in [0.3, 0.4) is 0 Å². The molecule has 23 heavy (non-hydrogen) atoms. The zero-order valence-corrected chi connectivity index (χ0v) is 14.8. The van der Waals surface area contributed by atoms with Gasteiger partial charge in [0.2, 0.25) is 0 Å². The van der Waals surface area contributed by atoms with Gasteiger partial charge in [0.05, 0.1) is 18.6 Å². The van der Waals surface area contributed by atoms with Crippen molar-refractivity contribution in [3.63, 3.8) is 0 Å². The number of thiocarbonyl (C=S) groups is 1. The molecule has 0 radical (unpaired) electrons. The highest BCUT2D eigenvalue weighted by atomic mass is 32.2. The molecular weight excluding hydrogens is 330 g/mol. The van der Waals surface area contributed by atoms with Crippen molar-refractivity contribution >= 4 is 40.3 Å². The van der Waals surface area contributed by atoms with Gasteiger partial charge in [0.15, 0.2) is 11.5 Å². The first kappa shape index (κ1) is 17.6. The van der Waals surface area contributed by atoms with E-state index in [4.69, 9.17) is 21.7 Å². The third kappa shape index (κ3) is 4.14. The van der Waals surface area contributed by atoms with Gasteiger partial charge >= 0.3 is 0 Å². The Hall–Kier alpha value is -1.79. The molecule has 2 rings (SSSR count). The van der Waals surface area contributed by atoms with Crippen LogP contribution in [0, 0.1) is 0 Å². The minimum absolute atomic E-state index is 0.0924. The Balaban J connectivity index is 2.24. The van der Waals surface area contributed by atoms with Crippen molar-refractivity contribution in [1.82, 2.24) is 4.90 Å². The first-order chi connectivity index (χ1) is 11.1. The Bertz CT molecular complexity index is 655. The summed E-state index contributed by atoms with van der Waals surface area (Å²) in [5.41, 5.74) is 0.866. The maximum Gasteiger partial charge on any atom is 0.266 e. The summed E-state index contributed by atoms with van der Waals surface area (Å²) in [6.07, 6.45) is 4.40. The summed E-state index contributed by atoms with van der Waals surface area (Å²) < 4.78 is 11.5. The van der Waals surface area contributed by atoms with Gasteiger partial charge in [-0.15, -0.1) is 6.58 Å². The summed E-state index contributed by atoms with van der Waals surface area (Å²) in [7, 11) is 1.60. The second kappa shape index (κ2) is 8.17. The molecule has 1 aliphatic rings. The van der Waals surface area contributed by atoms with Gasteiger partial charge in [0.25, 0.3) is 5.91 Å². The lowest BCUT2D eigenvalue weighted by atomic mass is 10.2. The topological polar surface area (TPSA) is 38.8 Å². The van der Waals surface area contributed by atoms with Crippen LogP contribution in [0.2, 0.25) is 0 Å². The van der Waals surface area contributed by atoms with E-state index >= 15 is 0 Å². The molecule has 0 N–H and O–H groups in total. The van der Waals surface area contributed by atoms with Crippen LogP contribution in [0.4, 0.5) is 0 Å². The number of carbonyl (C=O) groups is 1. The largest absolute Gasteiger partial charge is 0.493 e. The van der Waals surface area contributed by atoms with Gasteiger partial charge in [-0.3, -0.25) is 9.69 Å². The molecule has 0 aliphatic carbocycles. The molecule has 1 aliphatic heterocycles. The molecule has 1 aromatic rings. The summed E-state index contributed by atoms with van der Waals surface area (Å²) in [6.45, 7) is 6.75. The maximum atomic E-state index is 12.3. The van der Waals surface area contributed by atoms with E-state index in [1.165, 1.54) is 16.7 Å². The van der Waals surface area contributed by atoms with E-state index in [1.54, 1.807) is 13.2 Å². The minimum atomic E-state index is -0.0924. The second-order valence-electron chi connectivity index (χ2n) is 4.84. The molecule has 0 aromatic heterocycles. The number of methoxy groups -OCH3 is 1. The molecule has 1 saturated heterocycles. The van der Waals surface area contributed by atoms with Crippen LogP contribution >= 0.6 is 24.0 Å². The fourth-order valence-corrected chi connectivity index (χ4v) is 3.32. The monoisotopic (exact) mass is 349 g/mol. The number of ether oxygens (including phenoxy) is 2. The van der Waals surface area contributed by atoms with E-state index < -0.39 is 0 Å². The third-order valence-electron chi connectivity index (χ3n) is 3.13. The first-order valence-electron chi connectivity index (χ1n) is 7.27. The van der Waals surface area contributed by atoms with Gasteiger partial charge < -0.3 is 9.47 Å². The summed E-state index contributed by atoms with van der Waals surface area (Å²) >= 11 is 6.53.